The molecule has 0 saturated carbocycles. The maximum absolute atomic E-state index is 12.8. The van der Waals surface area contributed by atoms with Gasteiger partial charge in [-0.2, -0.15) is 5.10 Å². The molecule has 0 spiro atoms. The third-order valence-corrected chi connectivity index (χ3v) is 4.17. The average Bonchev–Trinajstić information content (AvgIpc) is 3.06. The van der Waals surface area contributed by atoms with Crippen LogP contribution in [0.1, 0.15) is 42.9 Å². The van der Waals surface area contributed by atoms with Crippen molar-refractivity contribution in [1.29, 1.82) is 0 Å². The number of carbonyl (C=O) groups is 1. The van der Waals surface area contributed by atoms with Crippen LogP contribution in [0.3, 0.4) is 0 Å². The zero-order chi connectivity index (χ0) is 17.8. The molecule has 0 saturated heterocycles. The van der Waals surface area contributed by atoms with E-state index < -0.39 is 0 Å². The molecule has 0 bridgehead atoms. The summed E-state index contributed by atoms with van der Waals surface area (Å²) in [6.45, 7) is 7.64. The molecule has 0 radical (unpaired) electrons. The quantitative estimate of drug-likeness (QED) is 0.684. The summed E-state index contributed by atoms with van der Waals surface area (Å²) in [7, 11) is 0. The average molecular weight is 336 g/mol. The van der Waals surface area contributed by atoms with Gasteiger partial charge in [-0.25, -0.2) is 9.50 Å². The van der Waals surface area contributed by atoms with Gasteiger partial charge in [0.2, 0.25) is 0 Å². The van der Waals surface area contributed by atoms with Gasteiger partial charge in [-0.3, -0.25) is 4.79 Å². The number of hydrogen-bond donors (Lipinski definition) is 0. The highest BCUT2D eigenvalue weighted by Crippen LogP contribution is 2.20. The Morgan fingerprint density at radius 1 is 1.08 bits per heavy atom. The van der Waals surface area contributed by atoms with E-state index in [0.717, 1.165) is 42.9 Å². The number of benzene rings is 1. The molecule has 3 aromatic rings. The molecule has 0 aliphatic carbocycles. The molecular weight excluding hydrogens is 312 g/mol. The molecular formula is C20H24N4O. The standard InChI is InChI=1S/C20H24N4O/c1-4-11-23(12-5-2)20(25)18-13-15(3)24-19(21-18)14-17(22-24)16-9-7-6-8-10-16/h6-10,13-14H,4-5,11-12H2,1-3H3. The maximum Gasteiger partial charge on any atom is 0.272 e. The molecule has 25 heavy (non-hydrogen) atoms. The Balaban J connectivity index is 1.99. The lowest BCUT2D eigenvalue weighted by molar-refractivity contribution is 0.0749. The minimum atomic E-state index is -0.00300. The van der Waals surface area contributed by atoms with E-state index in [0.29, 0.717) is 11.3 Å². The van der Waals surface area contributed by atoms with E-state index in [1.54, 1.807) is 4.52 Å². The van der Waals surface area contributed by atoms with Gasteiger partial charge in [0.25, 0.3) is 5.91 Å². The Morgan fingerprint density at radius 3 is 2.40 bits per heavy atom. The highest BCUT2D eigenvalue weighted by atomic mass is 16.2. The van der Waals surface area contributed by atoms with Crippen molar-refractivity contribution >= 4 is 11.6 Å². The van der Waals surface area contributed by atoms with Crippen LogP contribution in [-0.2, 0) is 0 Å². The van der Waals surface area contributed by atoms with Crippen molar-refractivity contribution in [2.75, 3.05) is 13.1 Å². The van der Waals surface area contributed by atoms with Gasteiger partial charge in [-0.05, 0) is 25.8 Å². The number of hydrogen-bond acceptors (Lipinski definition) is 3. The first-order valence-electron chi connectivity index (χ1n) is 8.86. The number of fused-ring (bicyclic) bond motifs is 1. The van der Waals surface area contributed by atoms with Crippen LogP contribution in [0.5, 0.6) is 0 Å². The highest BCUT2D eigenvalue weighted by molar-refractivity contribution is 5.93. The van der Waals surface area contributed by atoms with Crippen molar-refractivity contribution in [1.82, 2.24) is 19.5 Å². The molecule has 0 aliphatic rings. The summed E-state index contributed by atoms with van der Waals surface area (Å²) in [5.74, 6) is -0.00300. The van der Waals surface area contributed by atoms with Gasteiger partial charge in [-0.1, -0.05) is 44.2 Å². The van der Waals surface area contributed by atoms with Gasteiger partial charge in [0.05, 0.1) is 5.69 Å². The summed E-state index contributed by atoms with van der Waals surface area (Å²) in [6, 6.07) is 13.8. The SMILES string of the molecule is CCCN(CCC)C(=O)c1cc(C)n2nc(-c3ccccc3)cc2n1. The molecule has 2 heterocycles. The fraction of sp³-hybridized carbons (Fsp3) is 0.350. The Labute approximate surface area is 148 Å². The van der Waals surface area contributed by atoms with Crippen molar-refractivity contribution in [2.24, 2.45) is 0 Å². The molecule has 1 amide bonds. The third-order valence-electron chi connectivity index (χ3n) is 4.17. The van der Waals surface area contributed by atoms with E-state index in [2.05, 4.69) is 23.9 Å². The summed E-state index contributed by atoms with van der Waals surface area (Å²) in [5, 5.41) is 4.63. The van der Waals surface area contributed by atoms with E-state index in [1.807, 2.05) is 54.3 Å². The van der Waals surface area contributed by atoms with Crippen LogP contribution in [0.15, 0.2) is 42.5 Å². The Morgan fingerprint density at radius 2 is 1.76 bits per heavy atom. The first kappa shape index (κ1) is 17.1. The minimum absolute atomic E-state index is 0.00300. The number of aromatic nitrogens is 3. The molecule has 0 unspecified atom stereocenters. The largest absolute Gasteiger partial charge is 0.337 e. The van der Waals surface area contributed by atoms with Crippen LogP contribution in [0.2, 0.25) is 0 Å². The van der Waals surface area contributed by atoms with Gasteiger partial charge in [0, 0.05) is 30.4 Å². The van der Waals surface area contributed by atoms with Crippen LogP contribution >= 0.6 is 0 Å². The number of nitrogens with zero attached hydrogens (tertiary/aromatic N) is 4. The van der Waals surface area contributed by atoms with Crippen LogP contribution in [0, 0.1) is 6.92 Å². The van der Waals surface area contributed by atoms with Gasteiger partial charge in [-0.15, -0.1) is 0 Å². The van der Waals surface area contributed by atoms with Crippen LogP contribution < -0.4 is 0 Å². The highest BCUT2D eigenvalue weighted by Gasteiger charge is 2.18. The summed E-state index contributed by atoms with van der Waals surface area (Å²) in [4.78, 5) is 19.3. The van der Waals surface area contributed by atoms with E-state index >= 15 is 0 Å². The summed E-state index contributed by atoms with van der Waals surface area (Å²) < 4.78 is 1.79. The third kappa shape index (κ3) is 3.55. The van der Waals surface area contributed by atoms with E-state index in [9.17, 15) is 4.79 Å². The Kier molecular flexibility index (Phi) is 5.12. The molecule has 1 aromatic carbocycles. The second-order valence-electron chi connectivity index (χ2n) is 6.24. The zero-order valence-corrected chi connectivity index (χ0v) is 15.1. The summed E-state index contributed by atoms with van der Waals surface area (Å²) in [5.41, 5.74) is 4.00. The van der Waals surface area contributed by atoms with Crippen molar-refractivity contribution in [2.45, 2.75) is 33.6 Å². The topological polar surface area (TPSA) is 50.5 Å². The number of carbonyl (C=O) groups excluding carboxylic acids is 1. The van der Waals surface area contributed by atoms with Crippen molar-refractivity contribution in [3.8, 4) is 11.3 Å². The molecule has 0 N–H and O–H groups in total. The van der Waals surface area contributed by atoms with Gasteiger partial charge < -0.3 is 4.90 Å². The van der Waals surface area contributed by atoms with Gasteiger partial charge in [0.15, 0.2) is 5.65 Å². The monoisotopic (exact) mass is 336 g/mol. The molecule has 3 rings (SSSR count). The van der Waals surface area contributed by atoms with E-state index in [-0.39, 0.29) is 5.91 Å². The number of aryl methyl sites for hydroxylation is 1. The lowest BCUT2D eigenvalue weighted by atomic mass is 10.2. The lowest BCUT2D eigenvalue weighted by Gasteiger charge is -2.21. The zero-order valence-electron chi connectivity index (χ0n) is 15.1. The predicted octanol–water partition coefficient (Wildman–Crippen LogP) is 3.97. The normalized spacial score (nSPS) is 11.0. The molecule has 0 fully saturated rings. The molecule has 0 aliphatic heterocycles. The summed E-state index contributed by atoms with van der Waals surface area (Å²) in [6.07, 6.45) is 1.88. The first-order chi connectivity index (χ1) is 12.1. The molecule has 2 aromatic heterocycles. The summed E-state index contributed by atoms with van der Waals surface area (Å²) >= 11 is 0. The number of rotatable bonds is 6. The lowest BCUT2D eigenvalue weighted by Crippen LogP contribution is -2.33. The Hall–Kier alpha value is -2.69. The number of amides is 1. The first-order valence-corrected chi connectivity index (χ1v) is 8.86. The van der Waals surface area contributed by atoms with Crippen LogP contribution in [0.4, 0.5) is 0 Å². The van der Waals surface area contributed by atoms with E-state index in [4.69, 9.17) is 0 Å². The van der Waals surface area contributed by atoms with Crippen LogP contribution in [0.25, 0.3) is 16.9 Å². The van der Waals surface area contributed by atoms with Crippen molar-refractivity contribution in [3.05, 3.63) is 53.9 Å². The molecule has 130 valence electrons. The van der Waals surface area contributed by atoms with Crippen molar-refractivity contribution < 1.29 is 4.79 Å². The molecule has 0 atom stereocenters. The maximum atomic E-state index is 12.8. The van der Waals surface area contributed by atoms with Gasteiger partial charge in [0.1, 0.15) is 5.69 Å². The second-order valence-corrected chi connectivity index (χ2v) is 6.24. The minimum Gasteiger partial charge on any atom is -0.337 e. The van der Waals surface area contributed by atoms with Gasteiger partial charge >= 0.3 is 0 Å². The fourth-order valence-electron chi connectivity index (χ4n) is 3.00. The predicted molar refractivity (Wildman–Crippen MR) is 99.6 cm³/mol. The van der Waals surface area contributed by atoms with E-state index in [1.165, 1.54) is 0 Å². The van der Waals surface area contributed by atoms with Crippen LogP contribution in [-0.4, -0.2) is 38.5 Å². The fourth-order valence-corrected chi connectivity index (χ4v) is 3.00. The molecule has 5 nitrogen and oxygen atoms in total. The second kappa shape index (κ2) is 7.47. The molecule has 5 heteroatoms. The smallest absolute Gasteiger partial charge is 0.272 e. The Bertz CT molecular complexity index is 864. The van der Waals surface area contributed by atoms with Crippen molar-refractivity contribution in [3.63, 3.8) is 0 Å².